The number of halogens is 1. The molecule has 27 heavy (non-hydrogen) atoms. The third kappa shape index (κ3) is 6.15. The van der Waals surface area contributed by atoms with Crippen molar-refractivity contribution >= 4 is 45.7 Å². The van der Waals surface area contributed by atoms with E-state index in [-0.39, 0.29) is 29.8 Å². The van der Waals surface area contributed by atoms with E-state index in [0.717, 1.165) is 5.56 Å². The van der Waals surface area contributed by atoms with Crippen LogP contribution in [0.5, 0.6) is 0 Å². The first-order chi connectivity index (χ1) is 13.1. The van der Waals surface area contributed by atoms with E-state index in [2.05, 4.69) is 20.8 Å². The molecule has 0 unspecified atom stereocenters. The van der Waals surface area contributed by atoms with Crippen LogP contribution in [-0.4, -0.2) is 27.8 Å². The minimum absolute atomic E-state index is 0.129. The van der Waals surface area contributed by atoms with Gasteiger partial charge in [-0.3, -0.25) is 9.59 Å². The minimum atomic E-state index is -0.363. The molecule has 0 aliphatic carbocycles. The number of aromatic nitrogens is 2. The zero-order chi connectivity index (χ0) is 19.1. The van der Waals surface area contributed by atoms with Gasteiger partial charge in [-0.2, -0.15) is 0 Å². The molecule has 6 nitrogen and oxygen atoms in total. The number of carbonyl (C=O) groups excluding carboxylic acids is 2. The number of rotatable bonds is 7. The molecule has 3 rings (SSSR count). The van der Waals surface area contributed by atoms with E-state index in [9.17, 15) is 14.0 Å². The highest BCUT2D eigenvalue weighted by atomic mass is 32.2. The van der Waals surface area contributed by atoms with Gasteiger partial charge in [0, 0.05) is 5.69 Å². The number of hydrogen-bond donors (Lipinski definition) is 2. The average Bonchev–Trinajstić information content (AvgIpc) is 3.10. The molecule has 0 spiro atoms. The molecule has 2 amide bonds. The van der Waals surface area contributed by atoms with Crippen molar-refractivity contribution in [1.29, 1.82) is 0 Å². The second kappa shape index (κ2) is 9.24. The molecule has 0 bridgehead atoms. The Labute approximate surface area is 163 Å². The van der Waals surface area contributed by atoms with Gasteiger partial charge < -0.3 is 10.6 Å². The maximum atomic E-state index is 12.8. The number of amides is 2. The highest BCUT2D eigenvalue weighted by molar-refractivity contribution is 8.01. The molecule has 2 aromatic carbocycles. The maximum Gasteiger partial charge on any atom is 0.234 e. The number of anilines is 2. The number of hydrogen-bond acceptors (Lipinski definition) is 6. The van der Waals surface area contributed by atoms with Crippen LogP contribution in [0.1, 0.15) is 5.56 Å². The lowest BCUT2D eigenvalue weighted by Crippen LogP contribution is -2.14. The van der Waals surface area contributed by atoms with Crippen molar-refractivity contribution in [3.05, 3.63) is 66.0 Å². The molecule has 0 saturated heterocycles. The summed E-state index contributed by atoms with van der Waals surface area (Å²) in [6, 6.07) is 14.9. The van der Waals surface area contributed by atoms with E-state index in [0.29, 0.717) is 15.2 Å². The van der Waals surface area contributed by atoms with E-state index >= 15 is 0 Å². The van der Waals surface area contributed by atoms with Gasteiger partial charge in [-0.05, 0) is 29.8 Å². The Morgan fingerprint density at radius 3 is 2.44 bits per heavy atom. The van der Waals surface area contributed by atoms with Crippen molar-refractivity contribution in [2.24, 2.45) is 0 Å². The lowest BCUT2D eigenvalue weighted by atomic mass is 10.1. The van der Waals surface area contributed by atoms with Crippen molar-refractivity contribution < 1.29 is 14.0 Å². The second-order valence-electron chi connectivity index (χ2n) is 5.43. The van der Waals surface area contributed by atoms with Gasteiger partial charge in [0.05, 0.1) is 12.2 Å². The van der Waals surface area contributed by atoms with Gasteiger partial charge in [0.2, 0.25) is 16.9 Å². The van der Waals surface area contributed by atoms with E-state index in [1.54, 1.807) is 0 Å². The molecule has 9 heteroatoms. The Balaban J connectivity index is 1.45. The molecule has 0 aliphatic rings. The Morgan fingerprint density at radius 1 is 0.963 bits per heavy atom. The number of carbonyl (C=O) groups is 2. The molecule has 0 radical (unpaired) electrons. The zero-order valence-corrected chi connectivity index (χ0v) is 15.6. The minimum Gasteiger partial charge on any atom is -0.325 e. The van der Waals surface area contributed by atoms with Crippen molar-refractivity contribution in [2.45, 2.75) is 10.8 Å². The van der Waals surface area contributed by atoms with Crippen LogP contribution in [0.3, 0.4) is 0 Å². The van der Waals surface area contributed by atoms with Gasteiger partial charge in [-0.25, -0.2) is 4.39 Å². The molecule has 0 saturated carbocycles. The summed E-state index contributed by atoms with van der Waals surface area (Å²) in [5, 5.41) is 13.6. The van der Waals surface area contributed by atoms with Crippen LogP contribution in [-0.2, 0) is 16.0 Å². The largest absolute Gasteiger partial charge is 0.325 e. The third-order valence-electron chi connectivity index (χ3n) is 3.32. The Kier molecular flexibility index (Phi) is 6.50. The van der Waals surface area contributed by atoms with Crippen molar-refractivity contribution in [3.63, 3.8) is 0 Å². The lowest BCUT2D eigenvalue weighted by Gasteiger charge is -2.03. The van der Waals surface area contributed by atoms with Gasteiger partial charge in [0.15, 0.2) is 4.34 Å². The van der Waals surface area contributed by atoms with Crippen molar-refractivity contribution in [3.8, 4) is 0 Å². The molecule has 0 atom stereocenters. The topological polar surface area (TPSA) is 84.0 Å². The molecule has 0 aliphatic heterocycles. The summed E-state index contributed by atoms with van der Waals surface area (Å²) in [7, 11) is 0. The SMILES string of the molecule is O=C(CSc1nnc(NC(=O)Cc2ccccc2)s1)Nc1ccc(F)cc1. The summed E-state index contributed by atoms with van der Waals surface area (Å²) in [6.45, 7) is 0. The highest BCUT2D eigenvalue weighted by Crippen LogP contribution is 2.25. The van der Waals surface area contributed by atoms with Gasteiger partial charge in [-0.1, -0.05) is 53.4 Å². The van der Waals surface area contributed by atoms with Crippen molar-refractivity contribution in [2.75, 3.05) is 16.4 Å². The van der Waals surface area contributed by atoms with Crippen LogP contribution in [0.4, 0.5) is 15.2 Å². The third-order valence-corrected chi connectivity index (χ3v) is 5.29. The van der Waals surface area contributed by atoms with Crippen LogP contribution in [0, 0.1) is 5.82 Å². The molecule has 3 aromatic rings. The normalized spacial score (nSPS) is 10.4. The van der Waals surface area contributed by atoms with Gasteiger partial charge >= 0.3 is 0 Å². The second-order valence-corrected chi connectivity index (χ2v) is 7.63. The van der Waals surface area contributed by atoms with E-state index < -0.39 is 0 Å². The van der Waals surface area contributed by atoms with E-state index in [1.165, 1.54) is 47.4 Å². The summed E-state index contributed by atoms with van der Waals surface area (Å²) < 4.78 is 13.4. The summed E-state index contributed by atoms with van der Waals surface area (Å²) in [5.74, 6) is -0.651. The predicted octanol–water partition coefficient (Wildman–Crippen LogP) is 3.59. The summed E-state index contributed by atoms with van der Waals surface area (Å²) in [4.78, 5) is 23.9. The smallest absolute Gasteiger partial charge is 0.234 e. The fourth-order valence-electron chi connectivity index (χ4n) is 2.12. The number of benzene rings is 2. The zero-order valence-electron chi connectivity index (χ0n) is 14.0. The first-order valence-corrected chi connectivity index (χ1v) is 9.74. The average molecular weight is 402 g/mol. The van der Waals surface area contributed by atoms with Crippen molar-refractivity contribution in [1.82, 2.24) is 10.2 Å². The number of nitrogens with zero attached hydrogens (tertiary/aromatic N) is 2. The lowest BCUT2D eigenvalue weighted by molar-refractivity contribution is -0.115. The number of nitrogens with one attached hydrogen (secondary N) is 2. The molecular formula is C18H15FN4O2S2. The van der Waals surface area contributed by atoms with Crippen LogP contribution in [0.25, 0.3) is 0 Å². The van der Waals surface area contributed by atoms with E-state index in [1.807, 2.05) is 30.3 Å². The Hall–Kier alpha value is -2.78. The molecule has 1 heterocycles. The fraction of sp³-hybridized carbons (Fsp3) is 0.111. The first kappa shape index (κ1) is 19.0. The van der Waals surface area contributed by atoms with Gasteiger partial charge in [0.1, 0.15) is 5.82 Å². The highest BCUT2D eigenvalue weighted by Gasteiger charge is 2.11. The van der Waals surface area contributed by atoms with Gasteiger partial charge in [0.25, 0.3) is 0 Å². The summed E-state index contributed by atoms with van der Waals surface area (Å²) >= 11 is 2.41. The molecule has 138 valence electrons. The first-order valence-electron chi connectivity index (χ1n) is 7.94. The maximum absolute atomic E-state index is 12.8. The molecule has 1 aromatic heterocycles. The standard InChI is InChI=1S/C18H15FN4O2S2/c19-13-6-8-14(9-7-13)20-16(25)11-26-18-23-22-17(27-18)21-15(24)10-12-4-2-1-3-5-12/h1-9H,10-11H2,(H,20,25)(H,21,22,24). The molecule has 2 N–H and O–H groups in total. The van der Waals surface area contributed by atoms with Crippen LogP contribution in [0.2, 0.25) is 0 Å². The van der Waals surface area contributed by atoms with Crippen LogP contribution in [0.15, 0.2) is 58.9 Å². The van der Waals surface area contributed by atoms with Gasteiger partial charge in [-0.15, -0.1) is 10.2 Å². The summed E-state index contributed by atoms with van der Waals surface area (Å²) in [6.07, 6.45) is 0.253. The predicted molar refractivity (Wildman–Crippen MR) is 104 cm³/mol. The van der Waals surface area contributed by atoms with Crippen LogP contribution >= 0.6 is 23.1 Å². The summed E-state index contributed by atoms with van der Waals surface area (Å²) in [5.41, 5.74) is 1.43. The molecule has 0 fully saturated rings. The Morgan fingerprint density at radius 2 is 1.70 bits per heavy atom. The fourth-order valence-corrected chi connectivity index (χ4v) is 3.69. The van der Waals surface area contributed by atoms with Crippen LogP contribution < -0.4 is 10.6 Å². The number of thioether (sulfide) groups is 1. The monoisotopic (exact) mass is 402 g/mol. The quantitative estimate of drug-likeness (QED) is 0.466. The van der Waals surface area contributed by atoms with E-state index in [4.69, 9.17) is 0 Å². The Bertz CT molecular complexity index is 917. The molecular weight excluding hydrogens is 387 g/mol.